The molecule has 0 atom stereocenters. The van der Waals surface area contributed by atoms with Gasteiger partial charge in [0.25, 0.3) is 0 Å². The maximum atomic E-state index is 11.3. The number of halogens is 1. The third kappa shape index (κ3) is 3.20. The molecule has 1 aromatic rings. The molecule has 0 heterocycles. The summed E-state index contributed by atoms with van der Waals surface area (Å²) in [7, 11) is -2.33. The van der Waals surface area contributed by atoms with Crippen molar-refractivity contribution in [3.63, 3.8) is 0 Å². The minimum atomic E-state index is -3.75. The number of benzene rings is 1. The highest BCUT2D eigenvalue weighted by Gasteiger charge is 2.22. The average molecular weight is 322 g/mol. The van der Waals surface area contributed by atoms with Crippen molar-refractivity contribution in [1.29, 1.82) is 0 Å². The van der Waals surface area contributed by atoms with Crippen LogP contribution in [0.25, 0.3) is 0 Å². The highest BCUT2D eigenvalue weighted by Crippen LogP contribution is 2.31. The maximum absolute atomic E-state index is 11.3. The van der Waals surface area contributed by atoms with Crippen LogP contribution in [0.15, 0.2) is 23.1 Å². The van der Waals surface area contributed by atoms with Gasteiger partial charge in [-0.25, -0.2) is 13.6 Å². The van der Waals surface area contributed by atoms with Gasteiger partial charge >= 0.3 is 0 Å². The number of hydrogen-bond donors (Lipinski definition) is 1. The number of primary sulfonamides is 1. The summed E-state index contributed by atoms with van der Waals surface area (Å²) in [5.74, 6) is 0.277. The molecule has 0 unspecified atom stereocenters. The Morgan fingerprint density at radius 3 is 2.41 bits per heavy atom. The molecule has 0 aromatic heterocycles. The summed E-state index contributed by atoms with van der Waals surface area (Å²) in [4.78, 5) is 0.00845. The van der Waals surface area contributed by atoms with E-state index in [1.807, 2.05) is 13.8 Å². The number of hydrogen-bond acceptors (Lipinski definition) is 3. The second-order valence-electron chi connectivity index (χ2n) is 4.43. The highest BCUT2D eigenvalue weighted by molar-refractivity contribution is 9.09. The summed E-state index contributed by atoms with van der Waals surface area (Å²) in [5.41, 5.74) is 0.878. The fourth-order valence-electron chi connectivity index (χ4n) is 1.40. The van der Waals surface area contributed by atoms with E-state index in [1.54, 1.807) is 12.1 Å². The minimum Gasteiger partial charge on any atom is -0.495 e. The zero-order valence-electron chi connectivity index (χ0n) is 10.0. The van der Waals surface area contributed by atoms with Crippen LogP contribution in [0.4, 0.5) is 0 Å². The summed E-state index contributed by atoms with van der Waals surface area (Å²) in [6.07, 6.45) is 0. The monoisotopic (exact) mass is 321 g/mol. The van der Waals surface area contributed by atoms with Crippen LogP contribution < -0.4 is 9.88 Å². The Bertz CT molecular complexity index is 511. The lowest BCUT2D eigenvalue weighted by Crippen LogP contribution is -2.20. The molecule has 0 saturated heterocycles. The smallest absolute Gasteiger partial charge is 0.241 e. The standard InChI is InChI=1S/C11H16BrNO3S/c1-11(2,7-12)8-4-5-10(17(13,14)15)9(6-8)16-3/h4-6H,7H2,1-3H3,(H2,13,14,15). The molecule has 17 heavy (non-hydrogen) atoms. The van der Waals surface area contributed by atoms with Gasteiger partial charge in [0.05, 0.1) is 7.11 Å². The van der Waals surface area contributed by atoms with E-state index in [-0.39, 0.29) is 16.1 Å². The molecule has 96 valence electrons. The number of nitrogens with two attached hydrogens (primary N) is 1. The average Bonchev–Trinajstić information content (AvgIpc) is 2.27. The molecule has 1 rings (SSSR count). The van der Waals surface area contributed by atoms with Gasteiger partial charge in [0, 0.05) is 5.33 Å². The molecule has 6 heteroatoms. The second kappa shape index (κ2) is 4.96. The maximum Gasteiger partial charge on any atom is 0.241 e. The van der Waals surface area contributed by atoms with E-state index in [4.69, 9.17) is 9.88 Å². The molecular formula is C11H16BrNO3S. The van der Waals surface area contributed by atoms with Crippen LogP contribution in [0, 0.1) is 0 Å². The number of ether oxygens (including phenoxy) is 1. The predicted molar refractivity (Wildman–Crippen MR) is 71.2 cm³/mol. The fraction of sp³-hybridized carbons (Fsp3) is 0.455. The zero-order valence-corrected chi connectivity index (χ0v) is 12.4. The van der Waals surface area contributed by atoms with Gasteiger partial charge in [0.2, 0.25) is 10.0 Å². The van der Waals surface area contributed by atoms with E-state index in [2.05, 4.69) is 15.9 Å². The quantitative estimate of drug-likeness (QED) is 0.862. The number of methoxy groups -OCH3 is 1. The van der Waals surface area contributed by atoms with E-state index in [1.165, 1.54) is 13.2 Å². The third-order valence-electron chi connectivity index (χ3n) is 2.59. The summed E-state index contributed by atoms with van der Waals surface area (Å²) in [6, 6.07) is 4.94. The lowest BCUT2D eigenvalue weighted by molar-refractivity contribution is 0.400. The van der Waals surface area contributed by atoms with Gasteiger partial charge in [-0.05, 0) is 23.1 Å². The molecule has 1 aromatic carbocycles. The molecule has 4 nitrogen and oxygen atoms in total. The van der Waals surface area contributed by atoms with Crippen molar-refractivity contribution in [1.82, 2.24) is 0 Å². The number of alkyl halides is 1. The van der Waals surface area contributed by atoms with Gasteiger partial charge in [-0.2, -0.15) is 0 Å². The van der Waals surface area contributed by atoms with Crippen molar-refractivity contribution in [3.05, 3.63) is 23.8 Å². The Balaban J connectivity index is 3.38. The van der Waals surface area contributed by atoms with E-state index in [9.17, 15) is 8.42 Å². The first kappa shape index (κ1) is 14.5. The molecule has 2 N–H and O–H groups in total. The molecule has 0 aliphatic heterocycles. The molecule has 0 bridgehead atoms. The summed E-state index contributed by atoms with van der Waals surface area (Å²) >= 11 is 3.43. The molecular weight excluding hydrogens is 306 g/mol. The van der Waals surface area contributed by atoms with Crippen molar-refractivity contribution < 1.29 is 13.2 Å². The van der Waals surface area contributed by atoms with E-state index in [0.29, 0.717) is 0 Å². The Hall–Kier alpha value is -0.590. The first-order valence-corrected chi connectivity index (χ1v) is 7.66. The second-order valence-corrected chi connectivity index (χ2v) is 6.52. The van der Waals surface area contributed by atoms with Crippen LogP contribution >= 0.6 is 15.9 Å². The van der Waals surface area contributed by atoms with Gasteiger partial charge < -0.3 is 4.74 Å². The highest BCUT2D eigenvalue weighted by atomic mass is 79.9. The van der Waals surface area contributed by atoms with E-state index < -0.39 is 10.0 Å². The number of rotatable bonds is 4. The van der Waals surface area contributed by atoms with Crippen LogP contribution in [0.1, 0.15) is 19.4 Å². The largest absolute Gasteiger partial charge is 0.495 e. The molecule has 0 radical (unpaired) electrons. The van der Waals surface area contributed by atoms with Crippen LogP contribution in [-0.2, 0) is 15.4 Å². The normalized spacial score (nSPS) is 12.5. The lowest BCUT2D eigenvalue weighted by atomic mass is 9.87. The first-order valence-electron chi connectivity index (χ1n) is 4.99. The van der Waals surface area contributed by atoms with Crippen molar-refractivity contribution in [2.75, 3.05) is 12.4 Å². The molecule has 0 aliphatic carbocycles. The Labute approximate surface area is 110 Å². The predicted octanol–water partition coefficient (Wildman–Crippen LogP) is 2.02. The van der Waals surface area contributed by atoms with Gasteiger partial charge in [0.1, 0.15) is 10.6 Å². The van der Waals surface area contributed by atoms with E-state index in [0.717, 1.165) is 10.9 Å². The molecule has 0 amide bonds. The van der Waals surface area contributed by atoms with E-state index >= 15 is 0 Å². The zero-order chi connectivity index (χ0) is 13.3. The Morgan fingerprint density at radius 1 is 1.41 bits per heavy atom. The summed E-state index contributed by atoms with van der Waals surface area (Å²) < 4.78 is 27.7. The topological polar surface area (TPSA) is 69.4 Å². The van der Waals surface area contributed by atoms with Gasteiger partial charge in [-0.3, -0.25) is 0 Å². The van der Waals surface area contributed by atoms with Crippen LogP contribution in [0.5, 0.6) is 5.75 Å². The Kier molecular flexibility index (Phi) is 4.22. The van der Waals surface area contributed by atoms with Crippen molar-refractivity contribution in [2.45, 2.75) is 24.2 Å². The van der Waals surface area contributed by atoms with Gasteiger partial charge in [-0.15, -0.1) is 0 Å². The first-order chi connectivity index (χ1) is 7.72. The Morgan fingerprint density at radius 2 is 2.00 bits per heavy atom. The van der Waals surface area contributed by atoms with Crippen LogP contribution in [0.2, 0.25) is 0 Å². The molecule has 0 saturated carbocycles. The third-order valence-corrected chi connectivity index (χ3v) is 4.94. The lowest BCUT2D eigenvalue weighted by Gasteiger charge is -2.23. The van der Waals surface area contributed by atoms with Crippen molar-refractivity contribution in [3.8, 4) is 5.75 Å². The van der Waals surface area contributed by atoms with Gasteiger partial charge in [-0.1, -0.05) is 35.8 Å². The fourth-order valence-corrected chi connectivity index (χ4v) is 2.40. The van der Waals surface area contributed by atoms with Crippen molar-refractivity contribution in [2.24, 2.45) is 5.14 Å². The van der Waals surface area contributed by atoms with Crippen LogP contribution in [-0.4, -0.2) is 20.9 Å². The van der Waals surface area contributed by atoms with Crippen molar-refractivity contribution >= 4 is 26.0 Å². The minimum absolute atomic E-state index is 0.00845. The summed E-state index contributed by atoms with van der Waals surface area (Å²) in [6.45, 7) is 4.10. The number of sulfonamides is 1. The van der Waals surface area contributed by atoms with Crippen LogP contribution in [0.3, 0.4) is 0 Å². The summed E-state index contributed by atoms with van der Waals surface area (Å²) in [5, 5.41) is 5.87. The molecule has 0 aliphatic rings. The molecule has 0 spiro atoms. The SMILES string of the molecule is COc1cc(C(C)(C)CBr)ccc1S(N)(=O)=O. The van der Waals surface area contributed by atoms with Gasteiger partial charge in [0.15, 0.2) is 0 Å². The molecule has 0 fully saturated rings.